The van der Waals surface area contributed by atoms with Crippen molar-refractivity contribution < 1.29 is 45.0 Å². The summed E-state index contributed by atoms with van der Waals surface area (Å²) in [5.41, 5.74) is 0. The smallest absolute Gasteiger partial charge is 0.381 e. The molecular formula is C6H12NO8+. The van der Waals surface area contributed by atoms with Gasteiger partial charge in [0.05, 0.1) is 0 Å². The van der Waals surface area contributed by atoms with E-state index < -0.39 is 29.3 Å². The van der Waals surface area contributed by atoms with Gasteiger partial charge in [0.1, 0.15) is 0 Å². The molecule has 0 aliphatic heterocycles. The molecule has 0 fully saturated rings. The number of carbonyl (C=O) groups excluding carboxylic acids is 2. The maximum atomic E-state index is 10.6. The Bertz CT molecular complexity index is 224. The molecule has 88 valence electrons. The molecule has 0 rings (SSSR count). The minimum Gasteiger partial charge on any atom is -0.381 e. The van der Waals surface area contributed by atoms with Crippen LogP contribution in [-0.4, -0.2) is 49.9 Å². The summed E-state index contributed by atoms with van der Waals surface area (Å²) in [6, 6.07) is 0. The van der Waals surface area contributed by atoms with Gasteiger partial charge < -0.3 is 10.2 Å². The molecule has 2 unspecified atom stereocenters. The van der Waals surface area contributed by atoms with Crippen molar-refractivity contribution in [2.75, 3.05) is 0 Å². The first-order chi connectivity index (χ1) is 6.65. The van der Waals surface area contributed by atoms with Crippen LogP contribution in [0.25, 0.3) is 0 Å². The highest BCUT2D eigenvalue weighted by Crippen LogP contribution is 2.04. The number of nitrogens with zero attached hydrogens (tertiary/aromatic N) is 1. The third-order valence-corrected chi connectivity index (χ3v) is 1.10. The van der Waals surface area contributed by atoms with Crippen LogP contribution in [0.2, 0.25) is 0 Å². The Balaban J connectivity index is 4.31. The summed E-state index contributed by atoms with van der Waals surface area (Å²) in [7, 11) is 0. The molecule has 0 spiro atoms. The van der Waals surface area contributed by atoms with E-state index in [9.17, 15) is 9.59 Å². The van der Waals surface area contributed by atoms with Gasteiger partial charge >= 0.3 is 17.1 Å². The number of rotatable bonds is 4. The molecule has 0 aliphatic carbocycles. The highest BCUT2D eigenvalue weighted by molar-refractivity contribution is 5.74. The first kappa shape index (κ1) is 13.7. The number of hydrogen-bond donors (Lipinski definition) is 4. The summed E-state index contributed by atoms with van der Waals surface area (Å²) in [5, 5.41) is 31.9. The summed E-state index contributed by atoms with van der Waals surface area (Å²) in [6.07, 6.45) is -3.26. The Morgan fingerprint density at radius 3 is 1.47 bits per heavy atom. The molecule has 9 nitrogen and oxygen atoms in total. The Morgan fingerprint density at radius 1 is 1.00 bits per heavy atom. The maximum absolute atomic E-state index is 10.6. The molecule has 4 N–H and O–H groups in total. The van der Waals surface area contributed by atoms with Crippen LogP contribution in [0, 0.1) is 0 Å². The minimum atomic E-state index is -2.85. The number of carbonyl (C=O) groups is 2. The Kier molecular flexibility index (Phi) is 4.58. The molecule has 0 aromatic rings. The fraction of sp³-hybridized carbons (Fsp3) is 0.667. The molecule has 0 radical (unpaired) electrons. The van der Waals surface area contributed by atoms with Crippen LogP contribution in [0.5, 0.6) is 0 Å². The summed E-state index contributed by atoms with van der Waals surface area (Å²) >= 11 is 0. The Morgan fingerprint density at radius 2 is 1.27 bits per heavy atom. The lowest BCUT2D eigenvalue weighted by Gasteiger charge is -2.15. The number of hydrogen-bond acceptors (Lipinski definition) is 8. The van der Waals surface area contributed by atoms with Gasteiger partial charge in [-0.3, -0.25) is 0 Å². The second kappa shape index (κ2) is 5.00. The molecule has 0 saturated carbocycles. The molecule has 0 bridgehead atoms. The van der Waals surface area contributed by atoms with Crippen LogP contribution >= 0.6 is 0 Å². The topological polar surface area (TPSA) is 134 Å². The lowest BCUT2D eigenvalue weighted by molar-refractivity contribution is -1.46. The standard InChI is InChI=1S/C6H12NO8/c1-3(8)5(10)14-7(12,13)15-6(11)4(2)9/h3-4,8-9,12-13H,1-2H3/q+1. The summed E-state index contributed by atoms with van der Waals surface area (Å²) in [5.74, 6) is -2.86. The molecule has 0 aromatic heterocycles. The monoisotopic (exact) mass is 226 g/mol. The van der Waals surface area contributed by atoms with E-state index in [-0.39, 0.29) is 0 Å². The summed E-state index contributed by atoms with van der Waals surface area (Å²) in [6.45, 7) is 2.00. The van der Waals surface area contributed by atoms with Gasteiger partial charge in [0.25, 0.3) is 0 Å². The van der Waals surface area contributed by atoms with Crippen molar-refractivity contribution in [1.82, 2.24) is 0 Å². The largest absolute Gasteiger partial charge is 0.409 e. The van der Waals surface area contributed by atoms with Crippen LogP contribution in [-0.2, 0) is 19.3 Å². The second-order valence-electron chi connectivity index (χ2n) is 2.66. The molecule has 0 heterocycles. The fourth-order valence-electron chi connectivity index (χ4n) is 0.406. The van der Waals surface area contributed by atoms with Crippen molar-refractivity contribution in [2.24, 2.45) is 0 Å². The number of aliphatic hydroxyl groups excluding tert-OH is 2. The van der Waals surface area contributed by atoms with Gasteiger partial charge in [0, 0.05) is 0 Å². The van der Waals surface area contributed by atoms with Gasteiger partial charge in [0.15, 0.2) is 12.2 Å². The highest BCUT2D eigenvalue weighted by atomic mass is 17.3. The molecule has 0 aliphatic rings. The van der Waals surface area contributed by atoms with E-state index in [1.807, 2.05) is 0 Å². The van der Waals surface area contributed by atoms with E-state index in [1.54, 1.807) is 0 Å². The van der Waals surface area contributed by atoms with E-state index in [2.05, 4.69) is 9.68 Å². The predicted octanol–water partition coefficient (Wildman–Crippen LogP) is -1.74. The van der Waals surface area contributed by atoms with Crippen LogP contribution in [0.3, 0.4) is 0 Å². The third kappa shape index (κ3) is 5.24. The summed E-state index contributed by atoms with van der Waals surface area (Å²) < 4.78 is 0. The molecule has 9 heteroatoms. The molecule has 0 aromatic carbocycles. The zero-order chi connectivity index (χ0) is 12.2. The predicted molar refractivity (Wildman–Crippen MR) is 39.4 cm³/mol. The summed E-state index contributed by atoms with van der Waals surface area (Å²) in [4.78, 5) is 28.7. The van der Waals surface area contributed by atoms with Crippen molar-refractivity contribution >= 4 is 11.9 Å². The van der Waals surface area contributed by atoms with E-state index >= 15 is 0 Å². The minimum absolute atomic E-state index is 0.999. The van der Waals surface area contributed by atoms with Crippen LogP contribution in [0.15, 0.2) is 0 Å². The first-order valence-corrected chi connectivity index (χ1v) is 3.83. The molecule has 0 amide bonds. The van der Waals surface area contributed by atoms with Gasteiger partial charge in [-0.2, -0.15) is 9.68 Å². The average Bonchev–Trinajstić information content (AvgIpc) is 2.01. The van der Waals surface area contributed by atoms with E-state index in [0.717, 1.165) is 13.8 Å². The first-order valence-electron chi connectivity index (χ1n) is 3.83. The second-order valence-corrected chi connectivity index (χ2v) is 2.66. The van der Waals surface area contributed by atoms with Crippen molar-refractivity contribution in [2.45, 2.75) is 26.1 Å². The molecule has 0 saturated heterocycles. The van der Waals surface area contributed by atoms with E-state index in [0.29, 0.717) is 0 Å². The molecule has 15 heavy (non-hydrogen) atoms. The van der Waals surface area contributed by atoms with Gasteiger partial charge in [-0.25, -0.2) is 9.59 Å². The molecule has 2 atom stereocenters. The van der Waals surface area contributed by atoms with Crippen molar-refractivity contribution in [3.05, 3.63) is 0 Å². The van der Waals surface area contributed by atoms with Gasteiger partial charge in [-0.15, -0.1) is 0 Å². The Hall–Kier alpha value is -1.26. The van der Waals surface area contributed by atoms with Crippen LogP contribution in [0.4, 0.5) is 0 Å². The van der Waals surface area contributed by atoms with Gasteiger partial charge in [-0.05, 0) is 13.8 Å². The van der Waals surface area contributed by atoms with Crippen LogP contribution in [0.1, 0.15) is 13.8 Å². The SMILES string of the molecule is CC(O)C(=O)O[N+](O)(O)OC(=O)C(C)O. The fourth-order valence-corrected chi connectivity index (χ4v) is 0.406. The van der Waals surface area contributed by atoms with Crippen LogP contribution < -0.4 is 0 Å². The Labute approximate surface area is 84.1 Å². The average molecular weight is 226 g/mol. The van der Waals surface area contributed by atoms with Crippen molar-refractivity contribution in [1.29, 1.82) is 0 Å². The zero-order valence-corrected chi connectivity index (χ0v) is 8.02. The normalized spacial score (nSPS) is 15.3. The molecular weight excluding hydrogens is 214 g/mol. The van der Waals surface area contributed by atoms with E-state index in [1.165, 1.54) is 0 Å². The van der Waals surface area contributed by atoms with Crippen molar-refractivity contribution in [3.8, 4) is 0 Å². The number of quaternary nitrogens is 1. The van der Waals surface area contributed by atoms with E-state index in [4.69, 9.17) is 20.6 Å². The van der Waals surface area contributed by atoms with Gasteiger partial charge in [0.2, 0.25) is 0 Å². The van der Waals surface area contributed by atoms with Gasteiger partial charge in [-0.1, -0.05) is 10.4 Å². The lowest BCUT2D eigenvalue weighted by Crippen LogP contribution is -2.48. The third-order valence-electron chi connectivity index (χ3n) is 1.10. The quantitative estimate of drug-likeness (QED) is 0.328. The lowest BCUT2D eigenvalue weighted by atomic mass is 10.4. The number of aliphatic hydroxyl groups is 2. The maximum Gasteiger partial charge on any atom is 0.409 e. The highest BCUT2D eigenvalue weighted by Gasteiger charge is 2.39. The van der Waals surface area contributed by atoms with Crippen molar-refractivity contribution in [3.63, 3.8) is 0 Å². The zero-order valence-electron chi connectivity index (χ0n) is 8.02.